The number of hydrogen-bond acceptors (Lipinski definition) is 5. The third-order valence-electron chi connectivity index (χ3n) is 6.39. The number of likely N-dealkylation sites (tertiary alicyclic amines) is 1. The first-order valence-electron chi connectivity index (χ1n) is 11.2. The second-order valence-electron chi connectivity index (χ2n) is 8.79. The summed E-state index contributed by atoms with van der Waals surface area (Å²) in [6.07, 6.45) is 9.26. The zero-order chi connectivity index (χ0) is 20.8. The van der Waals surface area contributed by atoms with Gasteiger partial charge in [-0.05, 0) is 45.3 Å². The highest BCUT2D eigenvalue weighted by Crippen LogP contribution is 2.33. The van der Waals surface area contributed by atoms with Gasteiger partial charge in [-0.3, -0.25) is 9.89 Å². The summed E-state index contributed by atoms with van der Waals surface area (Å²) in [6.45, 7) is 10.00. The van der Waals surface area contributed by atoms with Crippen molar-refractivity contribution in [3.63, 3.8) is 0 Å². The van der Waals surface area contributed by atoms with E-state index < -0.39 is 0 Å². The first kappa shape index (κ1) is 25.7. The number of aromatic nitrogens is 3. The van der Waals surface area contributed by atoms with E-state index in [-0.39, 0.29) is 24.0 Å². The van der Waals surface area contributed by atoms with Crippen LogP contribution >= 0.6 is 35.7 Å². The maximum absolute atomic E-state index is 4.50. The van der Waals surface area contributed by atoms with Crippen molar-refractivity contribution in [1.82, 2.24) is 30.3 Å². The molecular weight excluding hydrogens is 509 g/mol. The van der Waals surface area contributed by atoms with Crippen LogP contribution in [-0.2, 0) is 6.42 Å². The third-order valence-corrected chi connectivity index (χ3v) is 7.04. The number of guanidine groups is 1. The summed E-state index contributed by atoms with van der Waals surface area (Å²) < 4.78 is 2.41. The molecule has 0 aromatic carbocycles. The minimum absolute atomic E-state index is 0. The summed E-state index contributed by atoms with van der Waals surface area (Å²) in [5, 5.41) is 17.1. The Morgan fingerprint density at radius 1 is 1.23 bits per heavy atom. The van der Waals surface area contributed by atoms with Gasteiger partial charge in [-0.25, -0.2) is 0 Å². The van der Waals surface area contributed by atoms with Gasteiger partial charge in [0.15, 0.2) is 11.1 Å². The fraction of sp³-hybridized carbons (Fsp3) is 0.857. The average molecular weight is 550 g/mol. The summed E-state index contributed by atoms with van der Waals surface area (Å²) in [5.41, 5.74) is 0. The van der Waals surface area contributed by atoms with Gasteiger partial charge in [0.05, 0.1) is 0 Å². The lowest BCUT2D eigenvalue weighted by Crippen LogP contribution is -2.47. The predicted molar refractivity (Wildman–Crippen MR) is 137 cm³/mol. The largest absolute Gasteiger partial charge is 0.356 e. The van der Waals surface area contributed by atoms with Gasteiger partial charge < -0.3 is 15.2 Å². The molecule has 172 valence electrons. The molecule has 2 atom stereocenters. The molecule has 1 saturated heterocycles. The molecule has 1 saturated carbocycles. The van der Waals surface area contributed by atoms with Crippen molar-refractivity contribution in [2.75, 3.05) is 32.9 Å². The molecule has 2 N–H and O–H groups in total. The molecule has 2 heterocycles. The van der Waals surface area contributed by atoms with Crippen molar-refractivity contribution in [3.8, 4) is 0 Å². The normalized spacial score (nSPS) is 23.2. The predicted octanol–water partition coefficient (Wildman–Crippen LogP) is 3.56. The van der Waals surface area contributed by atoms with E-state index in [9.17, 15) is 0 Å². The van der Waals surface area contributed by atoms with E-state index in [1.807, 2.05) is 7.05 Å². The number of nitrogens with one attached hydrogen (secondary N) is 2. The van der Waals surface area contributed by atoms with Crippen LogP contribution in [0, 0.1) is 5.92 Å². The number of rotatable bonds is 8. The zero-order valence-corrected chi connectivity index (χ0v) is 22.4. The Morgan fingerprint density at radius 3 is 2.57 bits per heavy atom. The van der Waals surface area contributed by atoms with Crippen LogP contribution in [0.15, 0.2) is 10.1 Å². The number of aliphatic imine (C=N–C) groups is 1. The Labute approximate surface area is 203 Å². The summed E-state index contributed by atoms with van der Waals surface area (Å²) in [5.74, 6) is 2.68. The molecule has 0 radical (unpaired) electrons. The molecule has 7 nitrogen and oxygen atoms in total. The molecule has 0 amide bonds. The molecule has 9 heteroatoms. The summed E-state index contributed by atoms with van der Waals surface area (Å²) in [7, 11) is 1.86. The quantitative estimate of drug-likeness (QED) is 0.170. The highest BCUT2D eigenvalue weighted by Gasteiger charge is 2.31. The van der Waals surface area contributed by atoms with E-state index >= 15 is 0 Å². The van der Waals surface area contributed by atoms with Gasteiger partial charge in [-0.15, -0.1) is 34.2 Å². The van der Waals surface area contributed by atoms with Gasteiger partial charge in [0.25, 0.3) is 0 Å². The molecule has 1 aliphatic heterocycles. The molecule has 30 heavy (non-hydrogen) atoms. The van der Waals surface area contributed by atoms with Crippen molar-refractivity contribution in [2.45, 2.75) is 82.6 Å². The summed E-state index contributed by atoms with van der Waals surface area (Å²) >= 11 is 1.71. The topological polar surface area (TPSA) is 70.4 Å². The highest BCUT2D eigenvalue weighted by molar-refractivity contribution is 14.0. The van der Waals surface area contributed by atoms with Crippen molar-refractivity contribution in [3.05, 3.63) is 5.82 Å². The lowest BCUT2D eigenvalue weighted by atomic mass is 10.1. The first-order valence-corrected chi connectivity index (χ1v) is 12.4. The molecule has 2 fully saturated rings. The maximum atomic E-state index is 4.50. The molecule has 3 rings (SSSR count). The molecule has 0 spiro atoms. The third kappa shape index (κ3) is 6.48. The van der Waals surface area contributed by atoms with Crippen LogP contribution in [0.1, 0.15) is 64.7 Å². The SMILES string of the molecule is CN=C(NCCCc1nnc(SC)n1C1CCCC1)NC1CN(C(C)C)CC1C.I. The minimum Gasteiger partial charge on any atom is -0.356 e. The highest BCUT2D eigenvalue weighted by atomic mass is 127. The van der Waals surface area contributed by atoms with Crippen LogP contribution in [0.5, 0.6) is 0 Å². The van der Waals surface area contributed by atoms with Gasteiger partial charge >= 0.3 is 0 Å². The van der Waals surface area contributed by atoms with Crippen LogP contribution < -0.4 is 10.6 Å². The number of halogens is 1. The molecule has 1 aromatic heterocycles. The van der Waals surface area contributed by atoms with Gasteiger partial charge in [-0.1, -0.05) is 31.5 Å². The molecule has 2 aliphatic rings. The lowest BCUT2D eigenvalue weighted by molar-refractivity contribution is 0.265. The number of aryl methyl sites for hydroxylation is 1. The standard InChI is InChI=1S/C21H39N7S.HI/c1-15(2)27-13-16(3)18(14-27)24-20(22-4)23-12-8-11-19-25-26-21(29-5)28(19)17-9-6-7-10-17;/h15-18H,6-14H2,1-5H3,(H2,22,23,24);1H. The first-order chi connectivity index (χ1) is 14.0. The Morgan fingerprint density at radius 2 is 1.97 bits per heavy atom. The van der Waals surface area contributed by atoms with Crippen molar-refractivity contribution < 1.29 is 0 Å². The number of nitrogens with zero attached hydrogens (tertiary/aromatic N) is 5. The van der Waals surface area contributed by atoms with Crippen LogP contribution in [0.4, 0.5) is 0 Å². The van der Waals surface area contributed by atoms with E-state index in [1.54, 1.807) is 11.8 Å². The van der Waals surface area contributed by atoms with Crippen LogP contribution in [-0.4, -0.2) is 70.6 Å². The van der Waals surface area contributed by atoms with E-state index in [0.717, 1.165) is 49.4 Å². The zero-order valence-electron chi connectivity index (χ0n) is 19.2. The second kappa shape index (κ2) is 12.5. The average Bonchev–Trinajstić information content (AvgIpc) is 3.44. The summed E-state index contributed by atoms with van der Waals surface area (Å²) in [4.78, 5) is 6.97. The van der Waals surface area contributed by atoms with Gasteiger partial charge in [0.2, 0.25) is 0 Å². The fourth-order valence-corrected chi connectivity index (χ4v) is 5.16. The van der Waals surface area contributed by atoms with Crippen molar-refractivity contribution >= 4 is 41.7 Å². The van der Waals surface area contributed by atoms with Crippen LogP contribution in [0.2, 0.25) is 0 Å². The Hall–Kier alpha value is -0.550. The molecule has 0 bridgehead atoms. The fourth-order valence-electron chi connectivity index (χ4n) is 4.58. The van der Waals surface area contributed by atoms with Crippen LogP contribution in [0.25, 0.3) is 0 Å². The van der Waals surface area contributed by atoms with Crippen LogP contribution in [0.3, 0.4) is 0 Å². The second-order valence-corrected chi connectivity index (χ2v) is 9.56. The summed E-state index contributed by atoms with van der Waals surface area (Å²) in [6, 6.07) is 1.65. The van der Waals surface area contributed by atoms with Crippen molar-refractivity contribution in [2.24, 2.45) is 10.9 Å². The Bertz CT molecular complexity index is 672. The molecular formula is C21H40IN7S. The van der Waals surface area contributed by atoms with E-state index in [2.05, 4.69) is 62.3 Å². The molecule has 1 aliphatic carbocycles. The van der Waals surface area contributed by atoms with E-state index in [0.29, 0.717) is 24.0 Å². The maximum Gasteiger partial charge on any atom is 0.191 e. The minimum atomic E-state index is 0. The van der Waals surface area contributed by atoms with E-state index in [1.165, 1.54) is 25.7 Å². The van der Waals surface area contributed by atoms with E-state index in [4.69, 9.17) is 0 Å². The number of thioether (sulfide) groups is 1. The van der Waals surface area contributed by atoms with Gasteiger partial charge in [0, 0.05) is 51.2 Å². The lowest BCUT2D eigenvalue weighted by Gasteiger charge is -2.22. The Balaban J connectivity index is 0.00000320. The van der Waals surface area contributed by atoms with Gasteiger partial charge in [-0.2, -0.15) is 0 Å². The van der Waals surface area contributed by atoms with Crippen molar-refractivity contribution in [1.29, 1.82) is 0 Å². The number of hydrogen-bond donors (Lipinski definition) is 2. The molecule has 1 aromatic rings. The smallest absolute Gasteiger partial charge is 0.191 e. The van der Waals surface area contributed by atoms with Gasteiger partial charge in [0.1, 0.15) is 5.82 Å². The monoisotopic (exact) mass is 549 g/mol. The Kier molecular flexibility index (Phi) is 10.7. The molecule has 2 unspecified atom stereocenters.